The molecule has 0 aliphatic rings. The van der Waals surface area contributed by atoms with Gasteiger partial charge in [-0.3, -0.25) is 0 Å². The molecule has 0 aliphatic carbocycles. The van der Waals surface area contributed by atoms with Gasteiger partial charge in [0, 0.05) is 34.6 Å². The van der Waals surface area contributed by atoms with E-state index in [2.05, 4.69) is 29.6 Å². The van der Waals surface area contributed by atoms with Crippen molar-refractivity contribution in [3.05, 3.63) is 0 Å². The van der Waals surface area contributed by atoms with E-state index in [0.717, 1.165) is 33.0 Å². The molecule has 0 amide bonds. The average molecular weight is 292 g/mol. The van der Waals surface area contributed by atoms with E-state index in [1.165, 1.54) is 23.1 Å². The first-order valence-corrected chi connectivity index (χ1v) is 8.02. The number of nitrogens with zero attached hydrogens (tertiary/aromatic N) is 6. The molecular formula is C6H8N6S4. The first-order valence-electron chi connectivity index (χ1n) is 4.51. The SMILES string of the molecule is C(CCSc1nnns1)CSc1nnns1. The van der Waals surface area contributed by atoms with Crippen molar-refractivity contribution in [1.82, 2.24) is 29.6 Å². The lowest BCUT2D eigenvalue weighted by Crippen LogP contribution is -1.84. The molecule has 0 unspecified atom stereocenters. The van der Waals surface area contributed by atoms with Crippen molar-refractivity contribution >= 4 is 46.6 Å². The van der Waals surface area contributed by atoms with E-state index < -0.39 is 0 Å². The van der Waals surface area contributed by atoms with E-state index in [9.17, 15) is 0 Å². The first kappa shape index (κ1) is 12.1. The van der Waals surface area contributed by atoms with Gasteiger partial charge in [0.15, 0.2) is 8.68 Å². The normalized spacial score (nSPS) is 10.8. The van der Waals surface area contributed by atoms with E-state index in [-0.39, 0.29) is 0 Å². The molecule has 2 aromatic heterocycles. The van der Waals surface area contributed by atoms with Crippen LogP contribution in [0.15, 0.2) is 8.68 Å². The summed E-state index contributed by atoms with van der Waals surface area (Å²) in [6.07, 6.45) is 2.31. The molecule has 0 fully saturated rings. The first-order chi connectivity index (χ1) is 7.95. The van der Waals surface area contributed by atoms with Gasteiger partial charge in [-0.05, 0) is 23.3 Å². The minimum atomic E-state index is 0.945. The molecule has 0 aliphatic heterocycles. The predicted octanol–water partition coefficient (Wildman–Crippen LogP) is 1.84. The average Bonchev–Trinajstić information content (AvgIpc) is 2.96. The highest BCUT2D eigenvalue weighted by Crippen LogP contribution is 2.21. The van der Waals surface area contributed by atoms with Crippen LogP contribution in [0.4, 0.5) is 0 Å². The molecule has 0 N–H and O–H groups in total. The number of hydrogen-bond acceptors (Lipinski definition) is 10. The van der Waals surface area contributed by atoms with Crippen LogP contribution in [0.25, 0.3) is 0 Å². The van der Waals surface area contributed by atoms with Crippen LogP contribution in [0, 0.1) is 0 Å². The van der Waals surface area contributed by atoms with Gasteiger partial charge in [-0.2, -0.15) is 0 Å². The predicted molar refractivity (Wildman–Crippen MR) is 66.1 cm³/mol. The largest absolute Gasteiger partial charge is 0.194 e. The monoisotopic (exact) mass is 292 g/mol. The maximum absolute atomic E-state index is 3.86. The second-order valence-electron chi connectivity index (χ2n) is 2.66. The topological polar surface area (TPSA) is 77.3 Å². The molecule has 2 aromatic rings. The quantitative estimate of drug-likeness (QED) is 0.565. The fraction of sp³-hybridized carbons (Fsp3) is 0.667. The molecule has 0 radical (unpaired) electrons. The molecular weight excluding hydrogens is 284 g/mol. The third kappa shape index (κ3) is 4.28. The zero-order chi connectivity index (χ0) is 11.1. The van der Waals surface area contributed by atoms with Crippen LogP contribution in [-0.2, 0) is 0 Å². The summed E-state index contributed by atoms with van der Waals surface area (Å²) >= 11 is 6.11. The second-order valence-corrected chi connectivity index (χ2v) is 6.81. The molecule has 6 nitrogen and oxygen atoms in total. The minimum absolute atomic E-state index is 0.945. The van der Waals surface area contributed by atoms with E-state index in [0.29, 0.717) is 0 Å². The maximum Gasteiger partial charge on any atom is 0.194 e. The van der Waals surface area contributed by atoms with E-state index in [1.54, 1.807) is 23.5 Å². The number of aromatic nitrogens is 6. The van der Waals surface area contributed by atoms with E-state index >= 15 is 0 Å². The molecule has 0 saturated heterocycles. The van der Waals surface area contributed by atoms with Crippen LogP contribution in [0.1, 0.15) is 12.8 Å². The molecule has 0 spiro atoms. The highest BCUT2D eigenvalue weighted by molar-refractivity contribution is 8.01. The van der Waals surface area contributed by atoms with Crippen LogP contribution in [0.5, 0.6) is 0 Å². The van der Waals surface area contributed by atoms with Crippen molar-refractivity contribution in [2.45, 2.75) is 21.5 Å². The van der Waals surface area contributed by atoms with Crippen LogP contribution in [-0.4, -0.2) is 41.1 Å². The van der Waals surface area contributed by atoms with Crippen LogP contribution >= 0.6 is 46.6 Å². The summed E-state index contributed by atoms with van der Waals surface area (Å²) in [5.74, 6) is 2.12. The number of unbranched alkanes of at least 4 members (excludes halogenated alkanes) is 1. The van der Waals surface area contributed by atoms with Gasteiger partial charge in [-0.15, -0.1) is 10.2 Å². The zero-order valence-corrected chi connectivity index (χ0v) is 11.4. The Bertz CT molecular complexity index is 337. The number of rotatable bonds is 7. The lowest BCUT2D eigenvalue weighted by atomic mass is 10.4. The smallest absolute Gasteiger partial charge is 0.110 e. The standard InChI is InChI=1S/C6H8N6S4/c1(3-13-5-7-9-11-15-5)2-4-14-6-8-10-12-16-6/h1-4H2. The highest BCUT2D eigenvalue weighted by atomic mass is 32.2. The van der Waals surface area contributed by atoms with Crippen molar-refractivity contribution in [3.63, 3.8) is 0 Å². The molecule has 86 valence electrons. The molecule has 0 bridgehead atoms. The number of hydrogen-bond donors (Lipinski definition) is 0. The van der Waals surface area contributed by atoms with Crippen molar-refractivity contribution in [2.24, 2.45) is 0 Å². The van der Waals surface area contributed by atoms with Crippen LogP contribution < -0.4 is 0 Å². The fourth-order valence-electron chi connectivity index (χ4n) is 0.886. The molecule has 2 heterocycles. The Kier molecular flexibility index (Phi) is 5.38. The van der Waals surface area contributed by atoms with Gasteiger partial charge in [0.2, 0.25) is 0 Å². The second kappa shape index (κ2) is 7.09. The summed E-state index contributed by atoms with van der Waals surface area (Å²) in [7, 11) is 0. The summed E-state index contributed by atoms with van der Waals surface area (Å²) in [6.45, 7) is 0. The van der Waals surface area contributed by atoms with Crippen molar-refractivity contribution in [2.75, 3.05) is 11.5 Å². The maximum atomic E-state index is 3.86. The third-order valence-corrected chi connectivity index (χ3v) is 5.14. The summed E-state index contributed by atoms with van der Waals surface area (Å²) in [5, 5.41) is 14.8. The summed E-state index contributed by atoms with van der Waals surface area (Å²) in [5.41, 5.74) is 0. The van der Waals surface area contributed by atoms with E-state index in [1.807, 2.05) is 0 Å². The van der Waals surface area contributed by atoms with Gasteiger partial charge < -0.3 is 0 Å². The lowest BCUT2D eigenvalue weighted by Gasteiger charge is -1.96. The summed E-state index contributed by atoms with van der Waals surface area (Å²) in [4.78, 5) is 0. The molecule has 10 heteroatoms. The fourth-order valence-corrected chi connectivity index (χ4v) is 3.67. The van der Waals surface area contributed by atoms with Crippen molar-refractivity contribution < 1.29 is 0 Å². The third-order valence-electron chi connectivity index (χ3n) is 1.55. The summed E-state index contributed by atoms with van der Waals surface area (Å²) < 4.78 is 9.30. The van der Waals surface area contributed by atoms with Gasteiger partial charge in [0.1, 0.15) is 0 Å². The van der Waals surface area contributed by atoms with Crippen molar-refractivity contribution in [1.29, 1.82) is 0 Å². The molecule has 0 atom stereocenters. The Morgan fingerprint density at radius 1 is 0.812 bits per heavy atom. The van der Waals surface area contributed by atoms with Gasteiger partial charge in [-0.25, -0.2) is 0 Å². The minimum Gasteiger partial charge on any atom is -0.110 e. The van der Waals surface area contributed by atoms with E-state index in [4.69, 9.17) is 0 Å². The Morgan fingerprint density at radius 3 is 1.69 bits per heavy atom. The molecule has 0 aromatic carbocycles. The molecule has 2 rings (SSSR count). The van der Waals surface area contributed by atoms with Gasteiger partial charge in [0.25, 0.3) is 0 Å². The Balaban J connectivity index is 1.49. The van der Waals surface area contributed by atoms with Gasteiger partial charge in [0.05, 0.1) is 0 Å². The Hall–Kier alpha value is -0.320. The van der Waals surface area contributed by atoms with Crippen molar-refractivity contribution in [3.8, 4) is 0 Å². The lowest BCUT2D eigenvalue weighted by molar-refractivity contribution is 0.890. The van der Waals surface area contributed by atoms with Gasteiger partial charge >= 0.3 is 0 Å². The zero-order valence-electron chi connectivity index (χ0n) is 8.14. The summed E-state index contributed by atoms with van der Waals surface area (Å²) in [6, 6.07) is 0. The highest BCUT2D eigenvalue weighted by Gasteiger charge is 2.00. The Labute approximate surface area is 109 Å². The molecule has 0 saturated carbocycles. The van der Waals surface area contributed by atoms with Crippen LogP contribution in [0.2, 0.25) is 0 Å². The Morgan fingerprint density at radius 2 is 1.31 bits per heavy atom. The van der Waals surface area contributed by atoms with Gasteiger partial charge in [-0.1, -0.05) is 32.5 Å². The number of thioether (sulfide) groups is 2. The molecule has 16 heavy (non-hydrogen) atoms. The van der Waals surface area contributed by atoms with Crippen LogP contribution in [0.3, 0.4) is 0 Å².